The number of halogens is 1. The summed E-state index contributed by atoms with van der Waals surface area (Å²) in [6.07, 6.45) is 0. The molecule has 0 atom stereocenters. The van der Waals surface area contributed by atoms with Crippen molar-refractivity contribution in [3.63, 3.8) is 0 Å². The van der Waals surface area contributed by atoms with Crippen molar-refractivity contribution in [3.05, 3.63) is 65.8 Å². The molecule has 0 saturated carbocycles. The van der Waals surface area contributed by atoms with Gasteiger partial charge in [-0.2, -0.15) is 4.98 Å². The molecule has 7 nitrogen and oxygen atoms in total. The number of anilines is 1. The Labute approximate surface area is 174 Å². The van der Waals surface area contributed by atoms with Crippen molar-refractivity contribution < 1.29 is 13.7 Å². The largest absolute Gasteiger partial charge is 0.497 e. The number of thioether (sulfide) groups is 1. The van der Waals surface area contributed by atoms with Crippen LogP contribution in [-0.4, -0.2) is 27.4 Å². The summed E-state index contributed by atoms with van der Waals surface area (Å²) in [6, 6.07) is 13.8. The van der Waals surface area contributed by atoms with E-state index in [1.807, 2.05) is 24.3 Å². The summed E-state index contributed by atoms with van der Waals surface area (Å²) < 4.78 is 24.3. The molecule has 4 aromatic rings. The molecule has 10 heteroatoms. The minimum absolute atomic E-state index is 0.251. The monoisotopic (exact) mass is 429 g/mol. The summed E-state index contributed by atoms with van der Waals surface area (Å²) in [7, 11) is 1.61. The molecule has 0 aliphatic rings. The third kappa shape index (κ3) is 5.09. The maximum Gasteiger partial charge on any atom is 0.237 e. The zero-order valence-corrected chi connectivity index (χ0v) is 17.0. The average molecular weight is 430 g/mol. The molecule has 0 unspecified atom stereocenters. The molecular formula is C19H16FN5O2S2. The molecule has 0 aliphatic carbocycles. The number of methoxy groups -OCH3 is 1. The van der Waals surface area contributed by atoms with Crippen molar-refractivity contribution in [2.75, 3.05) is 12.4 Å². The minimum Gasteiger partial charge on any atom is -0.497 e. The summed E-state index contributed by atoms with van der Waals surface area (Å²) in [5.74, 6) is 1.99. The van der Waals surface area contributed by atoms with Gasteiger partial charge in [0.2, 0.25) is 16.8 Å². The van der Waals surface area contributed by atoms with Crippen molar-refractivity contribution in [2.24, 2.45) is 0 Å². The van der Waals surface area contributed by atoms with E-state index in [1.54, 1.807) is 19.2 Å². The van der Waals surface area contributed by atoms with Gasteiger partial charge >= 0.3 is 0 Å². The molecule has 0 saturated heterocycles. The van der Waals surface area contributed by atoms with E-state index >= 15 is 0 Å². The third-order valence-corrected chi connectivity index (χ3v) is 5.88. The molecule has 1 N–H and O–H groups in total. The Kier molecular flexibility index (Phi) is 6.01. The van der Waals surface area contributed by atoms with E-state index in [4.69, 9.17) is 9.26 Å². The molecule has 2 aromatic carbocycles. The van der Waals surface area contributed by atoms with Gasteiger partial charge in [-0.1, -0.05) is 52.5 Å². The maximum atomic E-state index is 12.9. The highest BCUT2D eigenvalue weighted by atomic mass is 32.2. The lowest BCUT2D eigenvalue weighted by Gasteiger charge is -2.01. The zero-order valence-electron chi connectivity index (χ0n) is 15.3. The van der Waals surface area contributed by atoms with E-state index in [-0.39, 0.29) is 5.82 Å². The highest BCUT2D eigenvalue weighted by Crippen LogP contribution is 2.29. The number of nitrogens with one attached hydrogen (secondary N) is 1. The number of rotatable bonds is 8. The zero-order chi connectivity index (χ0) is 20.1. The summed E-state index contributed by atoms with van der Waals surface area (Å²) in [6.45, 7) is 0.549. The molecule has 0 amide bonds. The standard InChI is InChI=1S/C19H16FN5O2S2/c1-26-15-4-2-3-13(9-15)17-22-16(27-25-17)11-28-19-24-23-18(29-19)21-10-12-5-7-14(20)8-6-12/h2-9H,10-11H2,1H3,(H,21,23). The Morgan fingerprint density at radius 1 is 1.17 bits per heavy atom. The van der Waals surface area contributed by atoms with Gasteiger partial charge in [0.15, 0.2) is 4.34 Å². The topological polar surface area (TPSA) is 86.0 Å². The Hall–Kier alpha value is -2.98. The van der Waals surface area contributed by atoms with Gasteiger partial charge in [0.05, 0.1) is 12.9 Å². The second-order valence-corrected chi connectivity index (χ2v) is 8.09. The first-order valence-corrected chi connectivity index (χ1v) is 10.4. The van der Waals surface area contributed by atoms with Gasteiger partial charge in [-0.15, -0.1) is 10.2 Å². The van der Waals surface area contributed by atoms with Gasteiger partial charge in [-0.25, -0.2) is 4.39 Å². The molecule has 2 aromatic heterocycles. The van der Waals surface area contributed by atoms with Crippen LogP contribution >= 0.6 is 23.1 Å². The van der Waals surface area contributed by atoms with Crippen molar-refractivity contribution in [1.29, 1.82) is 0 Å². The fraction of sp³-hybridized carbons (Fsp3) is 0.158. The number of hydrogen-bond acceptors (Lipinski definition) is 9. The molecule has 0 radical (unpaired) electrons. The molecule has 0 spiro atoms. The van der Waals surface area contributed by atoms with Gasteiger partial charge in [-0.3, -0.25) is 0 Å². The van der Waals surface area contributed by atoms with Gasteiger partial charge in [0.1, 0.15) is 11.6 Å². The van der Waals surface area contributed by atoms with Gasteiger partial charge in [0, 0.05) is 12.1 Å². The van der Waals surface area contributed by atoms with Gasteiger partial charge < -0.3 is 14.6 Å². The molecule has 148 valence electrons. The first-order valence-electron chi connectivity index (χ1n) is 8.61. The second-order valence-electron chi connectivity index (χ2n) is 5.89. The first kappa shape index (κ1) is 19.3. The molecule has 0 fully saturated rings. The molecule has 0 bridgehead atoms. The number of benzene rings is 2. The van der Waals surface area contributed by atoms with Crippen molar-refractivity contribution >= 4 is 28.2 Å². The summed E-state index contributed by atoms with van der Waals surface area (Å²) >= 11 is 2.90. The van der Waals surface area contributed by atoms with Crippen molar-refractivity contribution in [1.82, 2.24) is 20.3 Å². The molecule has 4 rings (SSSR count). The van der Waals surface area contributed by atoms with Crippen LogP contribution in [-0.2, 0) is 12.3 Å². The van der Waals surface area contributed by atoms with Gasteiger partial charge in [-0.05, 0) is 29.8 Å². The fourth-order valence-electron chi connectivity index (χ4n) is 2.44. The van der Waals surface area contributed by atoms with Crippen LogP contribution < -0.4 is 10.1 Å². The van der Waals surface area contributed by atoms with Crippen LogP contribution in [0.1, 0.15) is 11.5 Å². The Bertz CT molecular complexity index is 1080. The molecule has 29 heavy (non-hydrogen) atoms. The smallest absolute Gasteiger partial charge is 0.237 e. The Balaban J connectivity index is 1.32. The molecule has 0 aliphatic heterocycles. The van der Waals surface area contributed by atoms with E-state index in [0.717, 1.165) is 21.2 Å². The quantitative estimate of drug-likeness (QED) is 0.406. The van der Waals surface area contributed by atoms with E-state index < -0.39 is 0 Å². The summed E-state index contributed by atoms with van der Waals surface area (Å²) in [5, 5.41) is 16.2. The Morgan fingerprint density at radius 3 is 2.86 bits per heavy atom. The fourth-order valence-corrected chi connectivity index (χ4v) is 4.02. The van der Waals surface area contributed by atoms with E-state index in [9.17, 15) is 4.39 Å². The number of ether oxygens (including phenoxy) is 1. The average Bonchev–Trinajstić information content (AvgIpc) is 3.41. The second kappa shape index (κ2) is 9.01. The maximum absolute atomic E-state index is 12.9. The summed E-state index contributed by atoms with van der Waals surface area (Å²) in [4.78, 5) is 4.42. The lowest BCUT2D eigenvalue weighted by molar-refractivity contribution is 0.391. The van der Waals surface area contributed by atoms with Crippen LogP contribution in [0.3, 0.4) is 0 Å². The van der Waals surface area contributed by atoms with E-state index in [0.29, 0.717) is 29.1 Å². The van der Waals surface area contributed by atoms with Gasteiger partial charge in [0.25, 0.3) is 0 Å². The third-order valence-electron chi connectivity index (χ3n) is 3.88. The molecular weight excluding hydrogens is 413 g/mol. The van der Waals surface area contributed by atoms with Crippen molar-refractivity contribution in [2.45, 2.75) is 16.6 Å². The lowest BCUT2D eigenvalue weighted by atomic mass is 10.2. The summed E-state index contributed by atoms with van der Waals surface area (Å²) in [5.41, 5.74) is 1.79. The van der Waals surface area contributed by atoms with E-state index in [1.165, 1.54) is 35.2 Å². The normalized spacial score (nSPS) is 10.8. The van der Waals surface area contributed by atoms with Crippen LogP contribution in [0.15, 0.2) is 57.4 Å². The highest BCUT2D eigenvalue weighted by Gasteiger charge is 2.12. The van der Waals surface area contributed by atoms with Crippen LogP contribution in [0.5, 0.6) is 5.75 Å². The number of hydrogen-bond donors (Lipinski definition) is 1. The number of aromatic nitrogens is 4. The van der Waals surface area contributed by atoms with Crippen LogP contribution in [0.2, 0.25) is 0 Å². The SMILES string of the molecule is COc1cccc(-c2noc(CSc3nnc(NCc4ccc(F)cc4)s3)n2)c1. The predicted molar refractivity (Wildman–Crippen MR) is 109 cm³/mol. The van der Waals surface area contributed by atoms with Crippen LogP contribution in [0.4, 0.5) is 9.52 Å². The van der Waals surface area contributed by atoms with Crippen LogP contribution in [0.25, 0.3) is 11.4 Å². The predicted octanol–water partition coefficient (Wildman–Crippen LogP) is 4.64. The Morgan fingerprint density at radius 2 is 2.03 bits per heavy atom. The van der Waals surface area contributed by atoms with E-state index in [2.05, 4.69) is 25.7 Å². The minimum atomic E-state index is -0.251. The van der Waals surface area contributed by atoms with Crippen molar-refractivity contribution in [3.8, 4) is 17.1 Å². The number of nitrogens with zero attached hydrogens (tertiary/aromatic N) is 4. The van der Waals surface area contributed by atoms with Crippen LogP contribution in [0, 0.1) is 5.82 Å². The first-order chi connectivity index (χ1) is 14.2. The highest BCUT2D eigenvalue weighted by molar-refractivity contribution is 8.00. The molecule has 2 heterocycles. The lowest BCUT2D eigenvalue weighted by Crippen LogP contribution is -1.98.